The molecule has 0 spiro atoms. The molecule has 148 valence electrons. The number of halogens is 1. The summed E-state index contributed by atoms with van der Waals surface area (Å²) in [6.45, 7) is 1.89. The second-order valence-electron chi connectivity index (χ2n) is 7.03. The first kappa shape index (κ1) is 18.9. The molecular weight excluding hydrogens is 384 g/mol. The Morgan fingerprint density at radius 3 is 2.75 bits per heavy atom. The number of carbonyl (C=O) groups excluding carboxylic acids is 2. The third-order valence-electron chi connectivity index (χ3n) is 5.12. The van der Waals surface area contributed by atoms with Crippen LogP contribution in [-0.2, 0) is 20.9 Å². The fourth-order valence-corrected chi connectivity index (χ4v) is 3.65. The van der Waals surface area contributed by atoms with Crippen molar-refractivity contribution < 1.29 is 18.8 Å². The lowest BCUT2D eigenvalue weighted by Gasteiger charge is -2.18. The Bertz CT molecular complexity index is 848. The van der Waals surface area contributed by atoms with Gasteiger partial charge in [0, 0.05) is 42.8 Å². The summed E-state index contributed by atoms with van der Waals surface area (Å²) in [5.74, 6) is 0.576. The predicted octanol–water partition coefficient (Wildman–Crippen LogP) is 2.29. The van der Waals surface area contributed by atoms with Crippen LogP contribution in [0.2, 0.25) is 5.02 Å². The molecule has 4 rings (SSSR count). The molecule has 1 atom stereocenters. The van der Waals surface area contributed by atoms with E-state index in [0.717, 1.165) is 18.5 Å². The molecule has 3 heterocycles. The highest BCUT2D eigenvalue weighted by molar-refractivity contribution is 6.30. The first-order valence-electron chi connectivity index (χ1n) is 9.34. The molecule has 2 saturated heterocycles. The Kier molecular flexibility index (Phi) is 5.59. The molecule has 1 aromatic heterocycles. The van der Waals surface area contributed by atoms with Gasteiger partial charge in [-0.05, 0) is 37.1 Å². The monoisotopic (exact) mass is 404 g/mol. The summed E-state index contributed by atoms with van der Waals surface area (Å²) < 4.78 is 10.6. The molecule has 1 aromatic carbocycles. The van der Waals surface area contributed by atoms with Crippen molar-refractivity contribution in [3.05, 3.63) is 41.0 Å². The smallest absolute Gasteiger partial charge is 0.246 e. The zero-order valence-electron chi connectivity index (χ0n) is 15.3. The van der Waals surface area contributed by atoms with Crippen LogP contribution in [0.1, 0.15) is 36.9 Å². The number of nitrogens with one attached hydrogen (secondary N) is 1. The molecule has 1 N–H and O–H groups in total. The van der Waals surface area contributed by atoms with Crippen LogP contribution in [0.5, 0.6) is 0 Å². The van der Waals surface area contributed by atoms with Gasteiger partial charge >= 0.3 is 0 Å². The van der Waals surface area contributed by atoms with Gasteiger partial charge in [-0.15, -0.1) is 0 Å². The molecule has 2 fully saturated rings. The third-order valence-corrected chi connectivity index (χ3v) is 5.37. The Labute approximate surface area is 167 Å². The topological polar surface area (TPSA) is 97.6 Å². The van der Waals surface area contributed by atoms with E-state index in [0.29, 0.717) is 36.5 Å². The van der Waals surface area contributed by atoms with Crippen molar-refractivity contribution in [2.75, 3.05) is 24.7 Å². The molecule has 8 nitrogen and oxygen atoms in total. The van der Waals surface area contributed by atoms with Gasteiger partial charge in [-0.25, -0.2) is 0 Å². The number of rotatable bonds is 5. The highest BCUT2D eigenvalue weighted by atomic mass is 35.5. The third kappa shape index (κ3) is 4.18. The molecule has 2 aliphatic rings. The summed E-state index contributed by atoms with van der Waals surface area (Å²) in [6.07, 6.45) is 1.91. The van der Waals surface area contributed by atoms with E-state index in [9.17, 15) is 9.59 Å². The maximum absolute atomic E-state index is 12.5. The van der Waals surface area contributed by atoms with Crippen molar-refractivity contribution in [1.82, 2.24) is 15.5 Å². The minimum absolute atomic E-state index is 0.0814. The van der Waals surface area contributed by atoms with E-state index in [1.165, 1.54) is 0 Å². The largest absolute Gasteiger partial charge is 0.381 e. The van der Waals surface area contributed by atoms with Gasteiger partial charge in [0.15, 0.2) is 5.82 Å². The maximum Gasteiger partial charge on any atom is 0.246 e. The summed E-state index contributed by atoms with van der Waals surface area (Å²) in [6, 6.07) is 7.00. The molecule has 0 unspecified atom stereocenters. The predicted molar refractivity (Wildman–Crippen MR) is 101 cm³/mol. The van der Waals surface area contributed by atoms with E-state index in [2.05, 4.69) is 15.5 Å². The van der Waals surface area contributed by atoms with E-state index in [4.69, 9.17) is 20.9 Å². The lowest BCUT2D eigenvalue weighted by molar-refractivity contribution is -0.126. The zero-order chi connectivity index (χ0) is 19.5. The average molecular weight is 405 g/mol. The van der Waals surface area contributed by atoms with Crippen molar-refractivity contribution in [3.63, 3.8) is 0 Å². The summed E-state index contributed by atoms with van der Waals surface area (Å²) in [4.78, 5) is 30.8. The van der Waals surface area contributed by atoms with E-state index in [1.54, 1.807) is 29.2 Å². The Balaban J connectivity index is 1.31. The van der Waals surface area contributed by atoms with Crippen molar-refractivity contribution in [2.24, 2.45) is 5.92 Å². The Morgan fingerprint density at radius 2 is 2.00 bits per heavy atom. The maximum atomic E-state index is 12.5. The van der Waals surface area contributed by atoms with Gasteiger partial charge in [0.25, 0.3) is 0 Å². The molecular formula is C19H21ClN4O4. The first-order chi connectivity index (χ1) is 13.6. The van der Waals surface area contributed by atoms with Crippen molar-refractivity contribution >= 4 is 29.1 Å². The molecule has 28 heavy (non-hydrogen) atoms. The number of ether oxygens (including phenoxy) is 1. The fourth-order valence-electron chi connectivity index (χ4n) is 3.52. The quantitative estimate of drug-likeness (QED) is 0.821. The molecule has 9 heteroatoms. The van der Waals surface area contributed by atoms with Crippen LogP contribution in [0.3, 0.4) is 0 Å². The van der Waals surface area contributed by atoms with E-state index in [1.807, 2.05) is 0 Å². The number of amides is 2. The van der Waals surface area contributed by atoms with Gasteiger partial charge in [-0.1, -0.05) is 16.8 Å². The number of carbonyl (C=O) groups is 2. The highest BCUT2D eigenvalue weighted by Crippen LogP contribution is 2.27. The Morgan fingerprint density at radius 1 is 1.25 bits per heavy atom. The van der Waals surface area contributed by atoms with E-state index in [-0.39, 0.29) is 30.7 Å². The standard InChI is InChI=1S/C19H21ClN4O4/c20-14-1-3-15(4-2-14)24-11-13(9-17(24)25)19(26)21-10-16-22-18(23-28-16)12-5-7-27-8-6-12/h1-4,12-13H,5-11H2,(H,21,26)/t13-/m1/s1. The van der Waals surface area contributed by atoms with E-state index < -0.39 is 5.92 Å². The summed E-state index contributed by atoms with van der Waals surface area (Å²) in [5.41, 5.74) is 0.739. The summed E-state index contributed by atoms with van der Waals surface area (Å²) >= 11 is 5.89. The Hall–Kier alpha value is -2.45. The molecule has 0 saturated carbocycles. The van der Waals surface area contributed by atoms with Crippen molar-refractivity contribution in [1.29, 1.82) is 0 Å². The molecule has 0 aliphatic carbocycles. The molecule has 2 aliphatic heterocycles. The number of anilines is 1. The van der Waals surface area contributed by atoms with Gasteiger partial charge in [-0.2, -0.15) is 4.98 Å². The number of nitrogens with zero attached hydrogens (tertiary/aromatic N) is 3. The highest BCUT2D eigenvalue weighted by Gasteiger charge is 2.35. The minimum Gasteiger partial charge on any atom is -0.381 e. The lowest BCUT2D eigenvalue weighted by Crippen LogP contribution is -2.32. The van der Waals surface area contributed by atoms with Crippen molar-refractivity contribution in [3.8, 4) is 0 Å². The van der Waals surface area contributed by atoms with Crippen LogP contribution in [0.25, 0.3) is 0 Å². The fraction of sp³-hybridized carbons (Fsp3) is 0.474. The van der Waals surface area contributed by atoms with E-state index >= 15 is 0 Å². The summed E-state index contributed by atoms with van der Waals surface area (Å²) in [5, 5.41) is 7.42. The van der Waals surface area contributed by atoms with Gasteiger partial charge < -0.3 is 19.5 Å². The number of aromatic nitrogens is 2. The van der Waals surface area contributed by atoms with Crippen LogP contribution in [-0.4, -0.2) is 41.7 Å². The second-order valence-corrected chi connectivity index (χ2v) is 7.47. The number of hydrogen-bond donors (Lipinski definition) is 1. The SMILES string of the molecule is O=C(NCc1nc(C2CCOCC2)no1)[C@@H]1CC(=O)N(c2ccc(Cl)cc2)C1. The van der Waals surface area contributed by atoms with Gasteiger partial charge in [-0.3, -0.25) is 9.59 Å². The normalized spacial score (nSPS) is 20.5. The number of benzene rings is 1. The minimum atomic E-state index is -0.416. The van der Waals surface area contributed by atoms with Crippen LogP contribution >= 0.6 is 11.6 Å². The second kappa shape index (κ2) is 8.28. The van der Waals surface area contributed by atoms with Gasteiger partial charge in [0.05, 0.1) is 12.5 Å². The molecule has 2 aromatic rings. The van der Waals surface area contributed by atoms with Crippen LogP contribution < -0.4 is 10.2 Å². The van der Waals surface area contributed by atoms with Gasteiger partial charge in [0.2, 0.25) is 17.7 Å². The van der Waals surface area contributed by atoms with Crippen LogP contribution in [0.4, 0.5) is 5.69 Å². The molecule has 0 radical (unpaired) electrons. The molecule has 0 bridgehead atoms. The van der Waals surface area contributed by atoms with Crippen LogP contribution in [0.15, 0.2) is 28.8 Å². The van der Waals surface area contributed by atoms with Crippen molar-refractivity contribution in [2.45, 2.75) is 31.7 Å². The summed E-state index contributed by atoms with van der Waals surface area (Å²) in [7, 11) is 0. The first-order valence-corrected chi connectivity index (χ1v) is 9.72. The molecule has 2 amide bonds. The van der Waals surface area contributed by atoms with Gasteiger partial charge in [0.1, 0.15) is 0 Å². The average Bonchev–Trinajstić information content (AvgIpc) is 3.34. The van der Waals surface area contributed by atoms with Crippen LogP contribution in [0, 0.1) is 5.92 Å². The number of hydrogen-bond acceptors (Lipinski definition) is 6. The lowest BCUT2D eigenvalue weighted by atomic mass is 10.00. The zero-order valence-corrected chi connectivity index (χ0v) is 16.0.